The Kier molecular flexibility index (Phi) is 2.78. The number of fused-ring (bicyclic) bond motifs is 5. The van der Waals surface area contributed by atoms with Gasteiger partial charge < -0.3 is 5.11 Å². The monoisotopic (exact) mass is 345 g/mol. The molecule has 2 heteroatoms. The molecule has 0 fully saturated rings. The lowest BCUT2D eigenvalue weighted by Gasteiger charge is -2.10. The van der Waals surface area contributed by atoms with Crippen LogP contribution in [0.15, 0.2) is 72.8 Å². The molecule has 2 nitrogen and oxygen atoms in total. The van der Waals surface area contributed by atoms with Gasteiger partial charge in [0.2, 0.25) is 0 Å². The van der Waals surface area contributed by atoms with E-state index in [0.29, 0.717) is 0 Å². The van der Waals surface area contributed by atoms with Crippen LogP contribution in [0.4, 0.5) is 0 Å². The van der Waals surface area contributed by atoms with Crippen molar-refractivity contribution in [2.45, 2.75) is 0 Å². The molecule has 0 radical (unpaired) electrons. The predicted molar refractivity (Wildman–Crippen MR) is 107 cm³/mol. The maximum absolute atomic E-state index is 9.75. The van der Waals surface area contributed by atoms with E-state index >= 15 is 0 Å². The fraction of sp³-hybridized carbons (Fsp3) is 0. The molecule has 27 heavy (non-hydrogen) atoms. The Morgan fingerprint density at radius 3 is 2.41 bits per heavy atom. The zero-order valence-electron chi connectivity index (χ0n) is 14.5. The highest BCUT2D eigenvalue weighted by atomic mass is 16.3. The number of hydrogen-bond donors (Lipinski definition) is 1. The van der Waals surface area contributed by atoms with Crippen molar-refractivity contribution in [1.29, 1.82) is 0 Å². The predicted octanol–water partition coefficient (Wildman–Crippen LogP) is 3.69. The normalized spacial score (nSPS) is 12.4. The lowest BCUT2D eigenvalue weighted by Crippen LogP contribution is -2.11. The van der Waals surface area contributed by atoms with E-state index in [1.165, 1.54) is 27.1 Å². The van der Waals surface area contributed by atoms with Crippen molar-refractivity contribution in [2.24, 2.45) is 0 Å². The molecule has 1 aromatic heterocycles. The van der Waals surface area contributed by atoms with Crippen LogP contribution >= 0.6 is 0 Å². The molecule has 4 aromatic rings. The molecule has 2 aliphatic carbocycles. The maximum Gasteiger partial charge on any atom is 0.115 e. The second-order valence-corrected chi connectivity index (χ2v) is 7.02. The van der Waals surface area contributed by atoms with Crippen molar-refractivity contribution >= 4 is 12.2 Å². The van der Waals surface area contributed by atoms with E-state index in [1.54, 1.807) is 12.1 Å². The summed E-state index contributed by atoms with van der Waals surface area (Å²) in [6.45, 7) is 0. The summed E-state index contributed by atoms with van der Waals surface area (Å²) in [6.07, 6.45) is 4.47. The molecule has 0 unspecified atom stereocenters. The molecule has 0 atom stereocenters. The Labute approximate surface area is 155 Å². The third-order valence-electron chi connectivity index (χ3n) is 5.46. The topological polar surface area (TPSA) is 33.1 Å². The molecule has 1 N–H and O–H groups in total. The highest BCUT2D eigenvalue weighted by Crippen LogP contribution is 2.32. The van der Waals surface area contributed by atoms with E-state index in [-0.39, 0.29) is 5.75 Å². The van der Waals surface area contributed by atoms with Gasteiger partial charge in [-0.05, 0) is 40.6 Å². The SMILES string of the molecule is Oc1ccc(-c2c3c(nc4c2=Cc2ccccc2-4)=c2ccccc2=C3)cc1. The number of rotatable bonds is 1. The van der Waals surface area contributed by atoms with Crippen molar-refractivity contribution in [2.75, 3.05) is 0 Å². The number of phenolic OH excluding ortho intramolecular Hbond substituents is 1. The Morgan fingerprint density at radius 1 is 0.741 bits per heavy atom. The van der Waals surface area contributed by atoms with Gasteiger partial charge in [0.25, 0.3) is 0 Å². The van der Waals surface area contributed by atoms with Gasteiger partial charge in [0.15, 0.2) is 0 Å². The van der Waals surface area contributed by atoms with Gasteiger partial charge in [0.1, 0.15) is 5.75 Å². The van der Waals surface area contributed by atoms with Crippen molar-refractivity contribution in [1.82, 2.24) is 4.98 Å². The number of benzene rings is 3. The molecule has 0 saturated heterocycles. The minimum absolute atomic E-state index is 0.278. The standard InChI is InChI=1S/C25H15NO/c27-18-11-9-15(10-12-18)23-21-13-16-5-1-3-7-19(16)24(21)26-25-20-8-4-2-6-17(20)14-22(23)25/h1-14,27H. The molecule has 0 spiro atoms. The van der Waals surface area contributed by atoms with Gasteiger partial charge >= 0.3 is 0 Å². The third kappa shape index (κ3) is 1.98. The van der Waals surface area contributed by atoms with Crippen LogP contribution in [0.25, 0.3) is 34.5 Å². The minimum atomic E-state index is 0.278. The fourth-order valence-electron chi connectivity index (χ4n) is 4.23. The molecular formula is C25H15NO. The number of aromatic hydroxyl groups is 1. The first-order valence-electron chi connectivity index (χ1n) is 9.05. The molecule has 2 aliphatic rings. The minimum Gasteiger partial charge on any atom is -0.508 e. The first-order chi connectivity index (χ1) is 13.3. The number of pyridine rings is 1. The summed E-state index contributed by atoms with van der Waals surface area (Å²) in [4.78, 5) is 5.11. The summed E-state index contributed by atoms with van der Waals surface area (Å²) in [6, 6.07) is 24.3. The summed E-state index contributed by atoms with van der Waals surface area (Å²) < 4.78 is 0. The second kappa shape index (κ2) is 5.18. The van der Waals surface area contributed by atoms with E-state index in [9.17, 15) is 5.11 Å². The molecule has 0 bridgehead atoms. The lowest BCUT2D eigenvalue weighted by molar-refractivity contribution is 0.475. The average Bonchev–Trinajstić information content (AvgIpc) is 3.25. The van der Waals surface area contributed by atoms with Gasteiger partial charge in [0.05, 0.1) is 11.0 Å². The van der Waals surface area contributed by atoms with Crippen LogP contribution in [0.1, 0.15) is 11.1 Å². The quantitative estimate of drug-likeness (QED) is 0.493. The molecule has 1 heterocycles. The van der Waals surface area contributed by atoms with Crippen molar-refractivity contribution in [3.63, 3.8) is 0 Å². The summed E-state index contributed by atoms with van der Waals surface area (Å²) in [5, 5.41) is 14.3. The number of phenols is 1. The van der Waals surface area contributed by atoms with Crippen LogP contribution in [0.2, 0.25) is 0 Å². The molecule has 6 rings (SSSR count). The van der Waals surface area contributed by atoms with E-state index in [0.717, 1.165) is 27.4 Å². The van der Waals surface area contributed by atoms with E-state index < -0.39 is 0 Å². The van der Waals surface area contributed by atoms with Crippen LogP contribution in [0, 0.1) is 10.6 Å². The molecule has 0 aliphatic heterocycles. The van der Waals surface area contributed by atoms with E-state index in [2.05, 4.69) is 60.7 Å². The van der Waals surface area contributed by atoms with Crippen LogP contribution in [0.5, 0.6) is 5.75 Å². The molecule has 126 valence electrons. The third-order valence-corrected chi connectivity index (χ3v) is 5.46. The molecule has 0 amide bonds. The van der Waals surface area contributed by atoms with Crippen LogP contribution in [-0.4, -0.2) is 10.1 Å². The Hall–Kier alpha value is -3.65. The van der Waals surface area contributed by atoms with Crippen molar-refractivity contribution in [3.05, 3.63) is 105 Å². The van der Waals surface area contributed by atoms with Gasteiger partial charge in [-0.1, -0.05) is 60.7 Å². The Bertz CT molecular complexity index is 1460. The molecular weight excluding hydrogens is 330 g/mol. The second-order valence-electron chi connectivity index (χ2n) is 7.02. The van der Waals surface area contributed by atoms with E-state index in [1.807, 2.05) is 12.1 Å². The molecule has 0 saturated carbocycles. The van der Waals surface area contributed by atoms with Gasteiger partial charge in [0, 0.05) is 27.1 Å². The highest BCUT2D eigenvalue weighted by Gasteiger charge is 2.21. The number of nitrogens with zero attached hydrogens (tertiary/aromatic N) is 1. The maximum atomic E-state index is 9.75. The van der Waals surface area contributed by atoms with Gasteiger partial charge in [-0.2, -0.15) is 0 Å². The van der Waals surface area contributed by atoms with Crippen molar-refractivity contribution < 1.29 is 5.11 Å². The van der Waals surface area contributed by atoms with E-state index in [4.69, 9.17) is 4.98 Å². The smallest absolute Gasteiger partial charge is 0.115 e. The van der Waals surface area contributed by atoms with Gasteiger partial charge in [-0.25, -0.2) is 4.98 Å². The number of hydrogen-bond acceptors (Lipinski definition) is 2. The highest BCUT2D eigenvalue weighted by molar-refractivity contribution is 5.89. The zero-order valence-corrected chi connectivity index (χ0v) is 14.5. The lowest BCUT2D eigenvalue weighted by atomic mass is 9.97. The summed E-state index contributed by atoms with van der Waals surface area (Å²) in [5.41, 5.74) is 6.86. The van der Waals surface area contributed by atoms with Crippen LogP contribution < -0.4 is 10.4 Å². The molecule has 3 aromatic carbocycles. The first-order valence-corrected chi connectivity index (χ1v) is 9.05. The van der Waals surface area contributed by atoms with Gasteiger partial charge in [-0.3, -0.25) is 0 Å². The average molecular weight is 345 g/mol. The van der Waals surface area contributed by atoms with Gasteiger partial charge in [-0.15, -0.1) is 0 Å². The first kappa shape index (κ1) is 14.5. The zero-order chi connectivity index (χ0) is 18.0. The Morgan fingerprint density at radius 2 is 1.52 bits per heavy atom. The van der Waals surface area contributed by atoms with Crippen LogP contribution in [-0.2, 0) is 0 Å². The summed E-state index contributed by atoms with van der Waals surface area (Å²) in [7, 11) is 0. The summed E-state index contributed by atoms with van der Waals surface area (Å²) >= 11 is 0. The van der Waals surface area contributed by atoms with Crippen LogP contribution in [0.3, 0.4) is 0 Å². The summed E-state index contributed by atoms with van der Waals surface area (Å²) in [5.74, 6) is 0.278. The van der Waals surface area contributed by atoms with Crippen molar-refractivity contribution in [3.8, 4) is 28.1 Å². The number of aromatic nitrogens is 1. The fourth-order valence-corrected chi connectivity index (χ4v) is 4.23. The Balaban J connectivity index is 1.84. The largest absolute Gasteiger partial charge is 0.508 e.